The lowest BCUT2D eigenvalue weighted by Gasteiger charge is -2.28. The van der Waals surface area contributed by atoms with Gasteiger partial charge >= 0.3 is 0 Å². The second-order valence-electron chi connectivity index (χ2n) is 4.75. The first-order chi connectivity index (χ1) is 8.39. The average Bonchev–Trinajstić information content (AvgIpc) is 2.69. The fourth-order valence-corrected chi connectivity index (χ4v) is 3.72. The maximum Gasteiger partial charge on any atom is 0.246 e. The van der Waals surface area contributed by atoms with Crippen molar-refractivity contribution in [3.8, 4) is 6.07 Å². The van der Waals surface area contributed by atoms with Gasteiger partial charge in [-0.3, -0.25) is 0 Å². The lowest BCUT2D eigenvalue weighted by Crippen LogP contribution is -2.44. The van der Waals surface area contributed by atoms with Crippen molar-refractivity contribution >= 4 is 10.0 Å². The fourth-order valence-electron chi connectivity index (χ4n) is 1.92. The van der Waals surface area contributed by atoms with Crippen molar-refractivity contribution in [2.75, 3.05) is 13.3 Å². The van der Waals surface area contributed by atoms with E-state index in [-0.39, 0.29) is 17.2 Å². The molecule has 0 aromatic heterocycles. The molecule has 0 aliphatic carbocycles. The molecule has 1 heterocycles. The van der Waals surface area contributed by atoms with Gasteiger partial charge in [-0.25, -0.2) is 8.42 Å². The molecule has 1 aromatic rings. The van der Waals surface area contributed by atoms with Crippen LogP contribution in [-0.2, 0) is 14.8 Å². The topological polar surface area (TPSA) is 70.4 Å². The van der Waals surface area contributed by atoms with Gasteiger partial charge in [0.2, 0.25) is 10.0 Å². The molecule has 0 spiro atoms. The maximum absolute atomic E-state index is 12.5. The van der Waals surface area contributed by atoms with Crippen LogP contribution in [0.3, 0.4) is 0 Å². The van der Waals surface area contributed by atoms with Gasteiger partial charge in [0.15, 0.2) is 0 Å². The first-order valence-electron chi connectivity index (χ1n) is 5.49. The number of nitrogens with zero attached hydrogens (tertiary/aromatic N) is 2. The van der Waals surface area contributed by atoms with Gasteiger partial charge in [0.05, 0.1) is 17.7 Å². The highest BCUT2D eigenvalue weighted by atomic mass is 32.2. The van der Waals surface area contributed by atoms with Gasteiger partial charge in [0.1, 0.15) is 17.7 Å². The van der Waals surface area contributed by atoms with Gasteiger partial charge < -0.3 is 4.74 Å². The minimum Gasteiger partial charge on any atom is -0.363 e. The average molecular weight is 266 g/mol. The van der Waals surface area contributed by atoms with Crippen LogP contribution < -0.4 is 0 Å². The van der Waals surface area contributed by atoms with Crippen LogP contribution in [0.2, 0.25) is 0 Å². The number of nitriles is 1. The van der Waals surface area contributed by atoms with Crippen LogP contribution in [-0.4, -0.2) is 31.6 Å². The molecule has 0 unspecified atom stereocenters. The van der Waals surface area contributed by atoms with Gasteiger partial charge in [0, 0.05) is 0 Å². The van der Waals surface area contributed by atoms with Crippen molar-refractivity contribution < 1.29 is 13.2 Å². The Morgan fingerprint density at radius 3 is 2.61 bits per heavy atom. The summed E-state index contributed by atoms with van der Waals surface area (Å²) in [6.07, 6.45) is 0. The summed E-state index contributed by atoms with van der Waals surface area (Å²) in [5, 5.41) is 8.99. The van der Waals surface area contributed by atoms with Crippen LogP contribution in [0.15, 0.2) is 29.2 Å². The van der Waals surface area contributed by atoms with Crippen molar-refractivity contribution in [1.29, 1.82) is 5.26 Å². The number of sulfonamides is 1. The highest BCUT2D eigenvalue weighted by molar-refractivity contribution is 7.89. The number of hydrogen-bond donors (Lipinski definition) is 0. The van der Waals surface area contributed by atoms with Crippen molar-refractivity contribution in [3.63, 3.8) is 0 Å². The Labute approximate surface area is 107 Å². The third-order valence-electron chi connectivity index (χ3n) is 2.91. The Hall–Kier alpha value is -1.42. The molecule has 1 saturated heterocycles. The summed E-state index contributed by atoms with van der Waals surface area (Å²) in [5.41, 5.74) is -0.443. The third-order valence-corrected chi connectivity index (χ3v) is 5.01. The quantitative estimate of drug-likeness (QED) is 0.809. The molecular formula is C12H14N2O3S. The molecule has 0 amide bonds. The number of ether oxygens (including phenoxy) is 1. The molecule has 18 heavy (non-hydrogen) atoms. The molecule has 0 saturated carbocycles. The summed E-state index contributed by atoms with van der Waals surface area (Å²) in [5.74, 6) is 0. The van der Waals surface area contributed by atoms with Crippen LogP contribution in [0.5, 0.6) is 0 Å². The molecule has 1 aliphatic heterocycles. The smallest absolute Gasteiger partial charge is 0.246 e. The van der Waals surface area contributed by atoms with Gasteiger partial charge in [-0.1, -0.05) is 12.1 Å². The third kappa shape index (κ3) is 2.01. The summed E-state index contributed by atoms with van der Waals surface area (Å²) >= 11 is 0. The summed E-state index contributed by atoms with van der Waals surface area (Å²) in [4.78, 5) is 0.0334. The van der Waals surface area contributed by atoms with E-state index in [9.17, 15) is 8.42 Å². The molecule has 1 aliphatic rings. The summed E-state index contributed by atoms with van der Waals surface area (Å²) in [6.45, 7) is 3.97. The van der Waals surface area contributed by atoms with Crippen LogP contribution in [0.25, 0.3) is 0 Å². The molecule has 0 atom stereocenters. The first kappa shape index (κ1) is 13.0. The van der Waals surface area contributed by atoms with Crippen LogP contribution in [0.4, 0.5) is 0 Å². The highest BCUT2D eigenvalue weighted by Crippen LogP contribution is 2.30. The van der Waals surface area contributed by atoms with Gasteiger partial charge in [-0.15, -0.1) is 0 Å². The fraction of sp³-hybridized carbons (Fsp3) is 0.417. The molecule has 6 heteroatoms. The van der Waals surface area contributed by atoms with Crippen LogP contribution in [0, 0.1) is 11.3 Å². The van der Waals surface area contributed by atoms with E-state index in [0.717, 1.165) is 0 Å². The van der Waals surface area contributed by atoms with E-state index < -0.39 is 15.6 Å². The predicted molar refractivity (Wildman–Crippen MR) is 65.1 cm³/mol. The minimum atomic E-state index is -3.70. The van der Waals surface area contributed by atoms with Crippen molar-refractivity contribution in [2.45, 2.75) is 24.3 Å². The molecule has 0 N–H and O–H groups in total. The van der Waals surface area contributed by atoms with E-state index in [1.54, 1.807) is 26.0 Å². The molecule has 0 bridgehead atoms. The zero-order chi connectivity index (χ0) is 13.4. The van der Waals surface area contributed by atoms with Crippen LogP contribution >= 0.6 is 0 Å². The lowest BCUT2D eigenvalue weighted by atomic mass is 10.1. The second kappa shape index (κ2) is 4.35. The second-order valence-corrected chi connectivity index (χ2v) is 6.58. The van der Waals surface area contributed by atoms with E-state index in [1.807, 2.05) is 6.07 Å². The van der Waals surface area contributed by atoms with Gasteiger partial charge in [0.25, 0.3) is 0 Å². The molecule has 1 fully saturated rings. The number of rotatable bonds is 2. The van der Waals surface area contributed by atoms with E-state index >= 15 is 0 Å². The van der Waals surface area contributed by atoms with Crippen LogP contribution in [0.1, 0.15) is 19.4 Å². The lowest BCUT2D eigenvalue weighted by molar-refractivity contribution is 0.171. The summed E-state index contributed by atoms with van der Waals surface area (Å²) < 4.78 is 31.6. The van der Waals surface area contributed by atoms with Crippen molar-refractivity contribution in [1.82, 2.24) is 4.31 Å². The van der Waals surface area contributed by atoms with E-state index in [2.05, 4.69) is 0 Å². The van der Waals surface area contributed by atoms with Crippen molar-refractivity contribution in [2.24, 2.45) is 0 Å². The molecule has 2 rings (SSSR count). The van der Waals surface area contributed by atoms with E-state index in [4.69, 9.17) is 10.00 Å². The summed E-state index contributed by atoms with van der Waals surface area (Å²) in [7, 11) is -3.70. The molecule has 0 radical (unpaired) electrons. The Bertz CT molecular complexity index is 602. The van der Waals surface area contributed by atoms with E-state index in [0.29, 0.717) is 6.61 Å². The predicted octanol–water partition coefficient (Wildman–Crippen LogP) is 1.32. The first-order valence-corrected chi connectivity index (χ1v) is 6.93. The Balaban J connectivity index is 2.53. The SMILES string of the molecule is CC1(C)COCN1S(=O)(=O)c1ccccc1C#N. The molecule has 1 aromatic carbocycles. The highest BCUT2D eigenvalue weighted by Gasteiger charge is 2.42. The summed E-state index contributed by atoms with van der Waals surface area (Å²) in [6, 6.07) is 8.10. The zero-order valence-corrected chi connectivity index (χ0v) is 11.1. The maximum atomic E-state index is 12.5. The largest absolute Gasteiger partial charge is 0.363 e. The molecule has 96 valence electrons. The molecular weight excluding hydrogens is 252 g/mol. The number of hydrogen-bond acceptors (Lipinski definition) is 4. The van der Waals surface area contributed by atoms with Gasteiger partial charge in [-0.05, 0) is 26.0 Å². The number of benzene rings is 1. The Morgan fingerprint density at radius 1 is 1.39 bits per heavy atom. The van der Waals surface area contributed by atoms with Crippen molar-refractivity contribution in [3.05, 3.63) is 29.8 Å². The normalized spacial score (nSPS) is 19.6. The van der Waals surface area contributed by atoms with E-state index in [1.165, 1.54) is 16.4 Å². The Kier molecular flexibility index (Phi) is 3.15. The standard InChI is InChI=1S/C12H14N2O3S/c1-12(2)8-17-9-14(12)18(15,16)11-6-4-3-5-10(11)7-13/h3-6H,8-9H2,1-2H3. The van der Waals surface area contributed by atoms with Gasteiger partial charge in [-0.2, -0.15) is 9.57 Å². The molecule has 5 nitrogen and oxygen atoms in total. The zero-order valence-electron chi connectivity index (χ0n) is 10.3. The minimum absolute atomic E-state index is 0.0229. The monoisotopic (exact) mass is 266 g/mol. The Morgan fingerprint density at radius 2 is 2.06 bits per heavy atom.